The Morgan fingerprint density at radius 2 is 2.14 bits per heavy atom. The minimum absolute atomic E-state index is 0.197. The van der Waals surface area contributed by atoms with Crippen LogP contribution in [0.25, 0.3) is 11.2 Å². The van der Waals surface area contributed by atoms with Gasteiger partial charge in [-0.05, 0) is 13.8 Å². The number of rotatable bonds is 2. The molecule has 0 saturated carbocycles. The van der Waals surface area contributed by atoms with E-state index in [0.29, 0.717) is 23.7 Å². The molecule has 1 aliphatic rings. The van der Waals surface area contributed by atoms with Gasteiger partial charge in [0.2, 0.25) is 5.95 Å². The number of hydrogen-bond donors (Lipinski definition) is 1. The van der Waals surface area contributed by atoms with Gasteiger partial charge in [-0.25, -0.2) is 10.2 Å². The first-order chi connectivity index (χ1) is 9.90. The molecule has 0 fully saturated rings. The molecule has 2 aromatic rings. The highest BCUT2D eigenvalue weighted by atomic mass is 16.2. The van der Waals surface area contributed by atoms with E-state index in [1.54, 1.807) is 18.5 Å². The van der Waals surface area contributed by atoms with Crippen LogP contribution in [-0.2, 0) is 20.1 Å². The summed E-state index contributed by atoms with van der Waals surface area (Å²) in [5.74, 6) is 0.468. The fourth-order valence-corrected chi connectivity index (χ4v) is 2.43. The average Bonchev–Trinajstić information content (AvgIpc) is 2.79. The van der Waals surface area contributed by atoms with Gasteiger partial charge in [-0.3, -0.25) is 18.5 Å². The maximum absolute atomic E-state index is 12.7. The molecule has 0 bridgehead atoms. The van der Waals surface area contributed by atoms with Crippen molar-refractivity contribution in [3.8, 4) is 0 Å². The molecular formula is C13H16N6O2. The van der Waals surface area contributed by atoms with Crippen LogP contribution >= 0.6 is 0 Å². The number of hydrogen-bond acceptors (Lipinski definition) is 5. The summed E-state index contributed by atoms with van der Waals surface area (Å²) in [7, 11) is 1.60. The Balaban J connectivity index is 2.40. The van der Waals surface area contributed by atoms with Gasteiger partial charge in [-0.15, -0.1) is 0 Å². The molecule has 1 aliphatic heterocycles. The number of aryl methyl sites for hydroxylation is 1. The summed E-state index contributed by atoms with van der Waals surface area (Å²) in [4.78, 5) is 29.3. The molecule has 2 aromatic heterocycles. The van der Waals surface area contributed by atoms with E-state index in [1.165, 1.54) is 9.13 Å². The zero-order valence-corrected chi connectivity index (χ0v) is 12.2. The number of fused-ring (bicyclic) bond motifs is 3. The predicted molar refractivity (Wildman–Crippen MR) is 80.8 cm³/mol. The highest BCUT2D eigenvalue weighted by Crippen LogP contribution is 2.18. The Kier molecular flexibility index (Phi) is 2.82. The molecular weight excluding hydrogens is 272 g/mol. The van der Waals surface area contributed by atoms with Gasteiger partial charge in [0.15, 0.2) is 11.2 Å². The second-order valence-electron chi connectivity index (χ2n) is 5.34. The third-order valence-corrected chi connectivity index (χ3v) is 3.39. The summed E-state index contributed by atoms with van der Waals surface area (Å²) < 4.78 is 4.30. The van der Waals surface area contributed by atoms with Gasteiger partial charge >= 0.3 is 5.69 Å². The number of allylic oxidation sites excluding steroid dienone is 1. The van der Waals surface area contributed by atoms with Gasteiger partial charge < -0.3 is 0 Å². The van der Waals surface area contributed by atoms with Crippen molar-refractivity contribution in [1.29, 1.82) is 0 Å². The predicted octanol–water partition coefficient (Wildman–Crippen LogP) is 0.274. The standard InChI is InChI=1S/C13H16N6O2/c1-7(2)5-19-11(20)9-10(17(4)13(19)21)14-12-16-15-8(3)6-18(9)12/h1,5-6H2,2-4H3,(H,14,16). The second kappa shape index (κ2) is 4.44. The fourth-order valence-electron chi connectivity index (χ4n) is 2.43. The van der Waals surface area contributed by atoms with Crippen LogP contribution in [0.4, 0.5) is 5.95 Å². The van der Waals surface area contributed by atoms with Crippen molar-refractivity contribution in [2.75, 3.05) is 5.43 Å². The van der Waals surface area contributed by atoms with E-state index in [2.05, 4.69) is 22.1 Å². The smallest absolute Gasteiger partial charge is 0.297 e. The van der Waals surface area contributed by atoms with E-state index in [-0.39, 0.29) is 12.1 Å². The Morgan fingerprint density at radius 3 is 2.81 bits per heavy atom. The molecule has 3 rings (SSSR count). The number of nitrogens with one attached hydrogen (secondary N) is 1. The first kappa shape index (κ1) is 13.3. The molecule has 110 valence electrons. The van der Waals surface area contributed by atoms with Crippen molar-refractivity contribution in [3.05, 3.63) is 33.0 Å². The number of aromatic nitrogens is 4. The van der Waals surface area contributed by atoms with Crippen LogP contribution in [0.1, 0.15) is 13.8 Å². The van der Waals surface area contributed by atoms with E-state index in [1.807, 2.05) is 6.92 Å². The molecule has 8 nitrogen and oxygen atoms in total. The Hall–Kier alpha value is -2.64. The van der Waals surface area contributed by atoms with Gasteiger partial charge in [-0.1, -0.05) is 12.2 Å². The lowest BCUT2D eigenvalue weighted by Crippen LogP contribution is -2.40. The Morgan fingerprint density at radius 1 is 1.43 bits per heavy atom. The first-order valence-corrected chi connectivity index (χ1v) is 6.53. The lowest BCUT2D eigenvalue weighted by Gasteiger charge is -2.13. The quantitative estimate of drug-likeness (QED) is 0.804. The third kappa shape index (κ3) is 1.91. The maximum Gasteiger partial charge on any atom is 0.332 e. The van der Waals surface area contributed by atoms with Crippen LogP contribution in [0, 0.1) is 0 Å². The molecule has 3 heterocycles. The number of anilines is 1. The van der Waals surface area contributed by atoms with Crippen LogP contribution in [0.5, 0.6) is 0 Å². The molecule has 0 aromatic carbocycles. The summed E-state index contributed by atoms with van der Waals surface area (Å²) >= 11 is 0. The SMILES string of the molecule is C=C(C)Cn1c(=O)c2c(nc3n2CC(C)=NN3)n(C)c1=O. The van der Waals surface area contributed by atoms with Crippen molar-refractivity contribution in [2.45, 2.75) is 26.9 Å². The molecule has 0 radical (unpaired) electrons. The highest BCUT2D eigenvalue weighted by Gasteiger charge is 2.22. The lowest BCUT2D eigenvalue weighted by atomic mass is 10.3. The lowest BCUT2D eigenvalue weighted by molar-refractivity contribution is 0.648. The van der Waals surface area contributed by atoms with Crippen molar-refractivity contribution in [2.24, 2.45) is 12.1 Å². The summed E-state index contributed by atoms with van der Waals surface area (Å²) in [6.45, 7) is 8.07. The summed E-state index contributed by atoms with van der Waals surface area (Å²) in [5, 5.41) is 4.09. The Bertz CT molecular complexity index is 911. The van der Waals surface area contributed by atoms with Crippen molar-refractivity contribution < 1.29 is 0 Å². The van der Waals surface area contributed by atoms with Crippen molar-refractivity contribution >= 4 is 22.8 Å². The van der Waals surface area contributed by atoms with Gasteiger partial charge in [0.1, 0.15) is 0 Å². The molecule has 0 aliphatic carbocycles. The third-order valence-electron chi connectivity index (χ3n) is 3.39. The zero-order chi connectivity index (χ0) is 15.3. The van der Waals surface area contributed by atoms with E-state index in [4.69, 9.17) is 0 Å². The number of nitrogens with zero attached hydrogens (tertiary/aromatic N) is 5. The molecule has 0 saturated heterocycles. The van der Waals surface area contributed by atoms with E-state index in [0.717, 1.165) is 11.3 Å². The minimum atomic E-state index is -0.399. The van der Waals surface area contributed by atoms with Gasteiger partial charge in [0.05, 0.1) is 18.8 Å². The molecule has 0 spiro atoms. The zero-order valence-electron chi connectivity index (χ0n) is 12.2. The minimum Gasteiger partial charge on any atom is -0.297 e. The largest absolute Gasteiger partial charge is 0.332 e. The second-order valence-corrected chi connectivity index (χ2v) is 5.34. The first-order valence-electron chi connectivity index (χ1n) is 6.53. The van der Waals surface area contributed by atoms with Gasteiger partial charge in [-0.2, -0.15) is 10.1 Å². The monoisotopic (exact) mass is 288 g/mol. The summed E-state index contributed by atoms with van der Waals surface area (Å²) in [5.41, 5.74) is 4.37. The van der Waals surface area contributed by atoms with Crippen LogP contribution in [0.3, 0.4) is 0 Å². The molecule has 0 unspecified atom stereocenters. The fraction of sp³-hybridized carbons (Fsp3) is 0.385. The van der Waals surface area contributed by atoms with Crippen LogP contribution in [-0.4, -0.2) is 24.4 Å². The molecule has 0 amide bonds. The summed E-state index contributed by atoms with van der Waals surface area (Å²) in [6.07, 6.45) is 0. The molecule has 1 N–H and O–H groups in total. The number of imidazole rings is 1. The molecule has 21 heavy (non-hydrogen) atoms. The van der Waals surface area contributed by atoms with E-state index in [9.17, 15) is 9.59 Å². The molecule has 8 heteroatoms. The van der Waals surface area contributed by atoms with E-state index >= 15 is 0 Å². The van der Waals surface area contributed by atoms with Gasteiger partial charge in [0, 0.05) is 7.05 Å². The van der Waals surface area contributed by atoms with Gasteiger partial charge in [0.25, 0.3) is 5.56 Å². The van der Waals surface area contributed by atoms with Crippen molar-refractivity contribution in [1.82, 2.24) is 18.7 Å². The van der Waals surface area contributed by atoms with Crippen LogP contribution < -0.4 is 16.7 Å². The molecule has 0 atom stereocenters. The number of hydrazone groups is 1. The van der Waals surface area contributed by atoms with Crippen molar-refractivity contribution in [3.63, 3.8) is 0 Å². The Labute approximate surface area is 120 Å². The highest BCUT2D eigenvalue weighted by molar-refractivity contribution is 5.87. The topological polar surface area (TPSA) is 86.2 Å². The average molecular weight is 288 g/mol. The van der Waals surface area contributed by atoms with Crippen LogP contribution in [0.15, 0.2) is 26.8 Å². The maximum atomic E-state index is 12.7. The summed E-state index contributed by atoms with van der Waals surface area (Å²) in [6, 6.07) is 0. The van der Waals surface area contributed by atoms with Crippen LogP contribution in [0.2, 0.25) is 0 Å². The normalized spacial score (nSPS) is 13.8. The van der Waals surface area contributed by atoms with E-state index < -0.39 is 5.69 Å².